The first kappa shape index (κ1) is 14.5. The SMILES string of the molecule is CCCC1CC2(CCO1)CC(=O)NC(=O)C2CCC. The van der Waals surface area contributed by atoms with E-state index in [4.69, 9.17) is 4.74 Å². The van der Waals surface area contributed by atoms with Crippen molar-refractivity contribution in [3.63, 3.8) is 0 Å². The average molecular weight is 267 g/mol. The first-order valence-corrected chi connectivity index (χ1v) is 7.56. The van der Waals surface area contributed by atoms with Crippen LogP contribution in [0.4, 0.5) is 0 Å². The van der Waals surface area contributed by atoms with Gasteiger partial charge in [-0.25, -0.2) is 0 Å². The maximum atomic E-state index is 12.2. The molecule has 2 saturated heterocycles. The van der Waals surface area contributed by atoms with E-state index in [1.54, 1.807) is 0 Å². The smallest absolute Gasteiger partial charge is 0.230 e. The van der Waals surface area contributed by atoms with Gasteiger partial charge < -0.3 is 4.74 Å². The van der Waals surface area contributed by atoms with E-state index in [2.05, 4.69) is 19.2 Å². The number of hydrogen-bond donors (Lipinski definition) is 1. The van der Waals surface area contributed by atoms with E-state index in [9.17, 15) is 9.59 Å². The molecule has 0 aromatic rings. The van der Waals surface area contributed by atoms with Crippen molar-refractivity contribution < 1.29 is 14.3 Å². The normalized spacial score (nSPS) is 35.5. The van der Waals surface area contributed by atoms with Gasteiger partial charge in [-0.1, -0.05) is 26.7 Å². The molecule has 0 radical (unpaired) electrons. The summed E-state index contributed by atoms with van der Waals surface area (Å²) >= 11 is 0. The van der Waals surface area contributed by atoms with Crippen LogP contribution in [0.2, 0.25) is 0 Å². The predicted octanol–water partition coefficient (Wildman–Crippen LogP) is 2.41. The van der Waals surface area contributed by atoms with Crippen LogP contribution in [0.3, 0.4) is 0 Å². The number of carbonyl (C=O) groups excluding carboxylic acids is 2. The van der Waals surface area contributed by atoms with Gasteiger partial charge in [0.1, 0.15) is 0 Å². The first-order valence-electron chi connectivity index (χ1n) is 7.56. The number of carbonyl (C=O) groups is 2. The molecule has 0 aliphatic carbocycles. The van der Waals surface area contributed by atoms with Gasteiger partial charge in [0.15, 0.2) is 0 Å². The van der Waals surface area contributed by atoms with Gasteiger partial charge in [-0.2, -0.15) is 0 Å². The molecular weight excluding hydrogens is 242 g/mol. The number of imide groups is 1. The molecule has 2 amide bonds. The fourth-order valence-electron chi connectivity index (χ4n) is 3.74. The van der Waals surface area contributed by atoms with Crippen molar-refractivity contribution in [2.75, 3.05) is 6.61 Å². The summed E-state index contributed by atoms with van der Waals surface area (Å²) in [5.74, 6) is -0.178. The summed E-state index contributed by atoms with van der Waals surface area (Å²) in [7, 11) is 0. The number of rotatable bonds is 4. The van der Waals surface area contributed by atoms with Crippen LogP contribution in [-0.2, 0) is 14.3 Å². The molecule has 108 valence electrons. The van der Waals surface area contributed by atoms with E-state index in [0.717, 1.165) is 38.5 Å². The van der Waals surface area contributed by atoms with Crippen LogP contribution >= 0.6 is 0 Å². The van der Waals surface area contributed by atoms with Crippen molar-refractivity contribution in [2.24, 2.45) is 11.3 Å². The highest BCUT2D eigenvalue weighted by molar-refractivity contribution is 5.99. The number of nitrogens with one attached hydrogen (secondary N) is 1. The molecule has 2 heterocycles. The van der Waals surface area contributed by atoms with Crippen molar-refractivity contribution in [1.29, 1.82) is 0 Å². The van der Waals surface area contributed by atoms with Gasteiger partial charge in [0.05, 0.1) is 6.10 Å². The van der Waals surface area contributed by atoms with Gasteiger partial charge in [0.25, 0.3) is 0 Å². The van der Waals surface area contributed by atoms with Crippen LogP contribution in [0.1, 0.15) is 58.8 Å². The Morgan fingerprint density at radius 2 is 2.00 bits per heavy atom. The Labute approximate surface area is 115 Å². The topological polar surface area (TPSA) is 55.4 Å². The largest absolute Gasteiger partial charge is 0.378 e. The summed E-state index contributed by atoms with van der Waals surface area (Å²) in [6.07, 6.45) is 6.38. The third-order valence-corrected chi connectivity index (χ3v) is 4.61. The molecule has 0 saturated carbocycles. The molecule has 3 atom stereocenters. The molecular formula is C15H25NO3. The average Bonchev–Trinajstić information content (AvgIpc) is 2.34. The Kier molecular flexibility index (Phi) is 4.61. The van der Waals surface area contributed by atoms with Gasteiger partial charge >= 0.3 is 0 Å². The third kappa shape index (κ3) is 2.99. The zero-order valence-corrected chi connectivity index (χ0v) is 12.0. The van der Waals surface area contributed by atoms with Crippen LogP contribution in [-0.4, -0.2) is 24.5 Å². The fraction of sp³-hybridized carbons (Fsp3) is 0.867. The number of hydrogen-bond acceptors (Lipinski definition) is 3. The summed E-state index contributed by atoms with van der Waals surface area (Å²) in [6.45, 7) is 4.93. The maximum Gasteiger partial charge on any atom is 0.230 e. The predicted molar refractivity (Wildman–Crippen MR) is 72.5 cm³/mol. The molecule has 4 heteroatoms. The quantitative estimate of drug-likeness (QED) is 0.796. The molecule has 2 rings (SSSR count). The van der Waals surface area contributed by atoms with Gasteiger partial charge in [0.2, 0.25) is 11.8 Å². The minimum absolute atomic E-state index is 0.0153. The molecule has 3 unspecified atom stereocenters. The Balaban J connectivity index is 2.19. The lowest BCUT2D eigenvalue weighted by molar-refractivity contribution is -0.153. The summed E-state index contributed by atoms with van der Waals surface area (Å²) in [5.41, 5.74) is -0.145. The second-order valence-electron chi connectivity index (χ2n) is 6.03. The minimum atomic E-state index is -0.145. The van der Waals surface area contributed by atoms with E-state index in [-0.39, 0.29) is 29.3 Å². The van der Waals surface area contributed by atoms with Crippen molar-refractivity contribution in [3.8, 4) is 0 Å². The van der Waals surface area contributed by atoms with Crippen LogP contribution in [0.5, 0.6) is 0 Å². The monoisotopic (exact) mass is 267 g/mol. The lowest BCUT2D eigenvalue weighted by Gasteiger charge is -2.47. The van der Waals surface area contributed by atoms with Crippen LogP contribution < -0.4 is 5.32 Å². The Hall–Kier alpha value is -0.900. The van der Waals surface area contributed by atoms with Crippen LogP contribution in [0.15, 0.2) is 0 Å². The summed E-state index contributed by atoms with van der Waals surface area (Å²) in [5, 5.41) is 2.51. The number of piperidine rings is 1. The zero-order valence-electron chi connectivity index (χ0n) is 12.0. The zero-order chi connectivity index (χ0) is 13.9. The van der Waals surface area contributed by atoms with E-state index in [0.29, 0.717) is 13.0 Å². The van der Waals surface area contributed by atoms with Gasteiger partial charge in [0, 0.05) is 18.9 Å². The van der Waals surface area contributed by atoms with Crippen molar-refractivity contribution >= 4 is 11.8 Å². The van der Waals surface area contributed by atoms with E-state index in [1.165, 1.54) is 0 Å². The summed E-state index contributed by atoms with van der Waals surface area (Å²) in [6, 6.07) is 0. The second kappa shape index (κ2) is 6.04. The first-order chi connectivity index (χ1) is 9.11. The third-order valence-electron chi connectivity index (χ3n) is 4.61. The van der Waals surface area contributed by atoms with E-state index in [1.807, 2.05) is 0 Å². The molecule has 1 spiro atoms. The van der Waals surface area contributed by atoms with Crippen molar-refractivity contribution in [1.82, 2.24) is 5.32 Å². The molecule has 0 bridgehead atoms. The molecule has 2 aliphatic rings. The Morgan fingerprint density at radius 1 is 1.26 bits per heavy atom. The van der Waals surface area contributed by atoms with Crippen LogP contribution in [0.25, 0.3) is 0 Å². The Bertz CT molecular complexity index is 353. The van der Waals surface area contributed by atoms with Crippen LogP contribution in [0, 0.1) is 11.3 Å². The summed E-state index contributed by atoms with van der Waals surface area (Å²) in [4.78, 5) is 23.9. The molecule has 19 heavy (non-hydrogen) atoms. The van der Waals surface area contributed by atoms with E-state index >= 15 is 0 Å². The van der Waals surface area contributed by atoms with Crippen molar-refractivity contribution in [2.45, 2.75) is 64.9 Å². The standard InChI is InChI=1S/C15H25NO3/c1-3-5-11-9-15(7-8-19-11)10-13(17)16-14(18)12(15)6-4-2/h11-12H,3-10H2,1-2H3,(H,16,17,18). The second-order valence-corrected chi connectivity index (χ2v) is 6.03. The minimum Gasteiger partial charge on any atom is -0.378 e. The highest BCUT2D eigenvalue weighted by atomic mass is 16.5. The van der Waals surface area contributed by atoms with Crippen molar-refractivity contribution in [3.05, 3.63) is 0 Å². The molecule has 2 aliphatic heterocycles. The number of amides is 2. The molecule has 4 nitrogen and oxygen atoms in total. The lowest BCUT2D eigenvalue weighted by Crippen LogP contribution is -2.55. The highest BCUT2D eigenvalue weighted by Crippen LogP contribution is 2.47. The summed E-state index contributed by atoms with van der Waals surface area (Å²) < 4.78 is 5.80. The fourth-order valence-corrected chi connectivity index (χ4v) is 3.74. The van der Waals surface area contributed by atoms with Gasteiger partial charge in [-0.3, -0.25) is 14.9 Å². The molecule has 0 aromatic heterocycles. The molecule has 0 aromatic carbocycles. The molecule has 2 fully saturated rings. The van der Waals surface area contributed by atoms with Gasteiger partial charge in [-0.15, -0.1) is 0 Å². The maximum absolute atomic E-state index is 12.2. The lowest BCUT2D eigenvalue weighted by atomic mass is 9.62. The van der Waals surface area contributed by atoms with Gasteiger partial charge in [-0.05, 0) is 31.1 Å². The highest BCUT2D eigenvalue weighted by Gasteiger charge is 2.50. The Morgan fingerprint density at radius 3 is 2.68 bits per heavy atom. The molecule has 1 N–H and O–H groups in total. The number of ether oxygens (including phenoxy) is 1. The van der Waals surface area contributed by atoms with E-state index < -0.39 is 0 Å².